The summed E-state index contributed by atoms with van der Waals surface area (Å²) < 4.78 is 5.51. The second-order valence-electron chi connectivity index (χ2n) is 4.18. The van der Waals surface area contributed by atoms with Crippen molar-refractivity contribution in [2.24, 2.45) is 11.7 Å². The molecule has 0 spiro atoms. The average Bonchev–Trinajstić information content (AvgIpc) is 2.06. The molecule has 0 heterocycles. The van der Waals surface area contributed by atoms with E-state index in [4.69, 9.17) is 15.9 Å². The van der Waals surface area contributed by atoms with Gasteiger partial charge in [-0.1, -0.05) is 19.3 Å². The number of unbranched alkanes of at least 4 members (excludes halogenated alkanes) is 1. The molecular weight excluding hydrogens is 176 g/mol. The van der Waals surface area contributed by atoms with Gasteiger partial charge in [-0.25, -0.2) is 0 Å². The molecule has 0 aliphatic heterocycles. The van der Waals surface area contributed by atoms with Crippen molar-refractivity contribution in [1.82, 2.24) is 0 Å². The third-order valence-electron chi connectivity index (χ3n) is 2.88. The Bertz CT molecular complexity index is 167. The van der Waals surface area contributed by atoms with E-state index in [2.05, 4.69) is 0 Å². The van der Waals surface area contributed by atoms with Crippen LogP contribution in [0.2, 0.25) is 0 Å². The van der Waals surface area contributed by atoms with Gasteiger partial charge in [-0.15, -0.1) is 0 Å². The standard InChI is InChI=1S/C11H22N2O/c12-11(13)6-1-2-8-14-9-7-10-4-3-5-10/h10H,1-9H2,(H3,12,13). The molecule has 1 rings (SSSR count). The van der Waals surface area contributed by atoms with Crippen LogP contribution < -0.4 is 5.73 Å². The molecule has 3 N–H and O–H groups in total. The summed E-state index contributed by atoms with van der Waals surface area (Å²) in [5.74, 6) is 1.24. The Labute approximate surface area is 86.5 Å². The molecule has 0 atom stereocenters. The fourth-order valence-electron chi connectivity index (χ4n) is 1.65. The van der Waals surface area contributed by atoms with E-state index in [1.165, 1.54) is 25.7 Å². The normalized spacial score (nSPS) is 16.6. The molecule has 0 aromatic carbocycles. The van der Waals surface area contributed by atoms with Gasteiger partial charge in [-0.3, -0.25) is 5.41 Å². The summed E-state index contributed by atoms with van der Waals surface area (Å²) in [7, 11) is 0. The molecule has 0 radical (unpaired) electrons. The largest absolute Gasteiger partial charge is 0.388 e. The monoisotopic (exact) mass is 198 g/mol. The Hall–Kier alpha value is -0.570. The van der Waals surface area contributed by atoms with Crippen molar-refractivity contribution in [3.05, 3.63) is 0 Å². The van der Waals surface area contributed by atoms with E-state index in [1.54, 1.807) is 0 Å². The van der Waals surface area contributed by atoms with E-state index >= 15 is 0 Å². The average molecular weight is 198 g/mol. The number of amidine groups is 1. The van der Waals surface area contributed by atoms with Crippen LogP contribution in [0, 0.1) is 11.3 Å². The quantitative estimate of drug-likeness (QED) is 0.357. The van der Waals surface area contributed by atoms with Gasteiger partial charge in [0.05, 0.1) is 5.84 Å². The number of nitrogens with one attached hydrogen (secondary N) is 1. The SMILES string of the molecule is N=C(N)CCCCOCCC1CCC1. The summed E-state index contributed by atoms with van der Waals surface area (Å²) in [5, 5.41) is 7.04. The van der Waals surface area contributed by atoms with E-state index < -0.39 is 0 Å². The number of hydrogen-bond donors (Lipinski definition) is 2. The van der Waals surface area contributed by atoms with Gasteiger partial charge < -0.3 is 10.5 Å². The smallest absolute Gasteiger partial charge is 0.0905 e. The highest BCUT2D eigenvalue weighted by atomic mass is 16.5. The molecule has 1 saturated carbocycles. The first-order valence-corrected chi connectivity index (χ1v) is 5.69. The van der Waals surface area contributed by atoms with Gasteiger partial charge in [0, 0.05) is 19.6 Å². The molecule has 1 aliphatic carbocycles. The van der Waals surface area contributed by atoms with E-state index in [0.717, 1.165) is 32.0 Å². The Balaban J connectivity index is 1.73. The molecule has 1 fully saturated rings. The van der Waals surface area contributed by atoms with Gasteiger partial charge in [0.25, 0.3) is 0 Å². The van der Waals surface area contributed by atoms with Crippen LogP contribution in [-0.2, 0) is 4.74 Å². The van der Waals surface area contributed by atoms with Crippen molar-refractivity contribution in [1.29, 1.82) is 5.41 Å². The van der Waals surface area contributed by atoms with Crippen molar-refractivity contribution in [3.63, 3.8) is 0 Å². The molecule has 14 heavy (non-hydrogen) atoms. The zero-order valence-electron chi connectivity index (χ0n) is 8.93. The second-order valence-corrected chi connectivity index (χ2v) is 4.18. The van der Waals surface area contributed by atoms with Crippen molar-refractivity contribution in [3.8, 4) is 0 Å². The lowest BCUT2D eigenvalue weighted by atomic mass is 9.83. The molecular formula is C11H22N2O. The summed E-state index contributed by atoms with van der Waals surface area (Å²) in [6.45, 7) is 1.75. The molecule has 0 bridgehead atoms. The lowest BCUT2D eigenvalue weighted by Crippen LogP contribution is -2.14. The van der Waals surface area contributed by atoms with Gasteiger partial charge in [0.1, 0.15) is 0 Å². The predicted octanol–water partition coefficient (Wildman–Crippen LogP) is 2.30. The number of hydrogen-bond acceptors (Lipinski definition) is 2. The zero-order valence-corrected chi connectivity index (χ0v) is 8.93. The molecule has 3 nitrogen and oxygen atoms in total. The Morgan fingerprint density at radius 3 is 2.64 bits per heavy atom. The summed E-state index contributed by atoms with van der Waals surface area (Å²) in [6.07, 6.45) is 8.21. The summed E-state index contributed by atoms with van der Waals surface area (Å²) in [4.78, 5) is 0. The van der Waals surface area contributed by atoms with Crippen LogP contribution in [0.4, 0.5) is 0 Å². The van der Waals surface area contributed by atoms with Crippen LogP contribution in [0.15, 0.2) is 0 Å². The van der Waals surface area contributed by atoms with E-state index in [1.807, 2.05) is 0 Å². The first kappa shape index (κ1) is 11.5. The van der Waals surface area contributed by atoms with Crippen molar-refractivity contribution in [2.45, 2.75) is 44.9 Å². The molecule has 0 saturated heterocycles. The molecule has 3 heteroatoms. The van der Waals surface area contributed by atoms with Crippen molar-refractivity contribution < 1.29 is 4.74 Å². The van der Waals surface area contributed by atoms with Crippen molar-refractivity contribution >= 4 is 5.84 Å². The summed E-state index contributed by atoms with van der Waals surface area (Å²) >= 11 is 0. The maximum absolute atomic E-state index is 7.04. The van der Waals surface area contributed by atoms with Crippen LogP contribution in [0.1, 0.15) is 44.9 Å². The molecule has 0 aromatic heterocycles. The predicted molar refractivity (Wildman–Crippen MR) is 58.5 cm³/mol. The number of rotatable bonds is 8. The lowest BCUT2D eigenvalue weighted by molar-refractivity contribution is 0.104. The van der Waals surface area contributed by atoms with Gasteiger partial charge in [0.15, 0.2) is 0 Å². The third kappa shape index (κ3) is 5.22. The minimum absolute atomic E-state index is 0.291. The summed E-state index contributed by atoms with van der Waals surface area (Å²) in [6, 6.07) is 0. The Morgan fingerprint density at radius 1 is 1.29 bits per heavy atom. The van der Waals surface area contributed by atoms with Crippen molar-refractivity contribution in [2.75, 3.05) is 13.2 Å². The highest BCUT2D eigenvalue weighted by Gasteiger charge is 2.16. The third-order valence-corrected chi connectivity index (χ3v) is 2.88. The minimum atomic E-state index is 0.291. The maximum atomic E-state index is 7.04. The van der Waals surface area contributed by atoms with Gasteiger partial charge in [-0.05, 0) is 25.2 Å². The second kappa shape index (κ2) is 6.82. The van der Waals surface area contributed by atoms with Crippen LogP contribution in [0.25, 0.3) is 0 Å². The first-order valence-electron chi connectivity index (χ1n) is 5.69. The summed E-state index contributed by atoms with van der Waals surface area (Å²) in [5.41, 5.74) is 5.24. The van der Waals surface area contributed by atoms with Gasteiger partial charge >= 0.3 is 0 Å². The maximum Gasteiger partial charge on any atom is 0.0905 e. The van der Waals surface area contributed by atoms with E-state index in [0.29, 0.717) is 12.3 Å². The van der Waals surface area contributed by atoms with Crippen LogP contribution in [0.5, 0.6) is 0 Å². The first-order chi connectivity index (χ1) is 6.79. The minimum Gasteiger partial charge on any atom is -0.388 e. The lowest BCUT2D eigenvalue weighted by Gasteiger charge is -2.24. The van der Waals surface area contributed by atoms with Gasteiger partial charge in [-0.2, -0.15) is 0 Å². The van der Waals surface area contributed by atoms with Crippen LogP contribution in [0.3, 0.4) is 0 Å². The Morgan fingerprint density at radius 2 is 2.07 bits per heavy atom. The molecule has 1 aliphatic rings. The van der Waals surface area contributed by atoms with Gasteiger partial charge in [0.2, 0.25) is 0 Å². The van der Waals surface area contributed by atoms with Crippen LogP contribution >= 0.6 is 0 Å². The molecule has 82 valence electrons. The molecule has 0 aromatic rings. The fourth-order valence-corrected chi connectivity index (χ4v) is 1.65. The van der Waals surface area contributed by atoms with Crippen LogP contribution in [-0.4, -0.2) is 19.0 Å². The number of nitrogens with two attached hydrogens (primary N) is 1. The molecule has 0 amide bonds. The fraction of sp³-hybridized carbons (Fsp3) is 0.909. The highest BCUT2D eigenvalue weighted by Crippen LogP contribution is 2.29. The molecule has 0 unspecified atom stereocenters. The van der Waals surface area contributed by atoms with E-state index in [9.17, 15) is 0 Å². The highest BCUT2D eigenvalue weighted by molar-refractivity contribution is 5.76. The van der Waals surface area contributed by atoms with E-state index in [-0.39, 0.29) is 0 Å². The topological polar surface area (TPSA) is 59.1 Å². The zero-order chi connectivity index (χ0) is 10.2. The Kier molecular flexibility index (Phi) is 5.60. The number of ether oxygens (including phenoxy) is 1.